The van der Waals surface area contributed by atoms with Gasteiger partial charge >= 0.3 is 0 Å². The van der Waals surface area contributed by atoms with E-state index in [9.17, 15) is 0 Å². The van der Waals surface area contributed by atoms with Crippen molar-refractivity contribution in [2.24, 2.45) is 0 Å². The molecule has 68 valence electrons. The van der Waals surface area contributed by atoms with E-state index in [1.54, 1.807) is 0 Å². The van der Waals surface area contributed by atoms with E-state index in [1.807, 2.05) is 25.1 Å². The summed E-state index contributed by atoms with van der Waals surface area (Å²) in [6, 6.07) is 5.82. The number of aromatic nitrogens is 1. The van der Waals surface area contributed by atoms with Crippen molar-refractivity contribution >= 4 is 22.7 Å². The molecule has 0 radical (unpaired) electrons. The molecule has 1 aromatic heterocycles. The van der Waals surface area contributed by atoms with Gasteiger partial charge in [0.1, 0.15) is 5.52 Å². The van der Waals surface area contributed by atoms with E-state index in [1.165, 1.54) is 0 Å². The molecule has 2 rings (SSSR count). The number of rotatable bonds is 2. The zero-order chi connectivity index (χ0) is 9.26. The molecule has 0 aliphatic carbocycles. The summed E-state index contributed by atoms with van der Waals surface area (Å²) in [6.45, 7) is 2.02. The van der Waals surface area contributed by atoms with E-state index in [-0.39, 0.29) is 0 Å². The number of nitrogens with zero attached hydrogens (tertiary/aromatic N) is 1. The zero-order valence-corrected chi connectivity index (χ0v) is 8.14. The van der Waals surface area contributed by atoms with Gasteiger partial charge in [-0.3, -0.25) is 0 Å². The fourth-order valence-electron chi connectivity index (χ4n) is 1.31. The van der Waals surface area contributed by atoms with Crippen LogP contribution in [0.15, 0.2) is 22.6 Å². The summed E-state index contributed by atoms with van der Waals surface area (Å²) in [6.07, 6.45) is 0.816. The Morgan fingerprint density at radius 1 is 1.46 bits per heavy atom. The summed E-state index contributed by atoms with van der Waals surface area (Å²) in [5.74, 6) is 1.25. The number of oxazole rings is 1. The number of hydrogen-bond donors (Lipinski definition) is 0. The summed E-state index contributed by atoms with van der Waals surface area (Å²) in [5, 5.41) is 0. The first-order chi connectivity index (χ1) is 6.35. The number of fused-ring (bicyclic) bond motifs is 1. The van der Waals surface area contributed by atoms with Crippen molar-refractivity contribution < 1.29 is 4.42 Å². The zero-order valence-electron chi connectivity index (χ0n) is 7.38. The van der Waals surface area contributed by atoms with Gasteiger partial charge in [0.15, 0.2) is 11.5 Å². The topological polar surface area (TPSA) is 26.0 Å². The molecule has 0 spiro atoms. The molecular formula is C10H10ClNO. The van der Waals surface area contributed by atoms with E-state index in [2.05, 4.69) is 4.98 Å². The summed E-state index contributed by atoms with van der Waals surface area (Å²) in [5.41, 5.74) is 2.76. The fraction of sp³-hybridized carbons (Fsp3) is 0.300. The van der Waals surface area contributed by atoms with Gasteiger partial charge in [-0.25, -0.2) is 4.98 Å². The van der Waals surface area contributed by atoms with Crippen LogP contribution < -0.4 is 0 Å². The first-order valence-electron chi connectivity index (χ1n) is 4.28. The average Bonchev–Trinajstić information content (AvgIpc) is 2.59. The number of halogens is 1. The second-order valence-corrected chi connectivity index (χ2v) is 3.13. The van der Waals surface area contributed by atoms with Gasteiger partial charge in [0.05, 0.1) is 0 Å². The van der Waals surface area contributed by atoms with Crippen molar-refractivity contribution in [1.29, 1.82) is 0 Å². The van der Waals surface area contributed by atoms with Gasteiger partial charge in [-0.05, 0) is 11.6 Å². The molecule has 2 aromatic rings. The maximum atomic E-state index is 5.78. The van der Waals surface area contributed by atoms with Crippen LogP contribution in [0.2, 0.25) is 0 Å². The highest BCUT2D eigenvalue weighted by molar-refractivity contribution is 6.17. The molecule has 13 heavy (non-hydrogen) atoms. The van der Waals surface area contributed by atoms with Crippen LogP contribution in [-0.4, -0.2) is 4.98 Å². The Kier molecular flexibility index (Phi) is 2.23. The van der Waals surface area contributed by atoms with Crippen LogP contribution in [0.1, 0.15) is 18.4 Å². The Hall–Kier alpha value is -1.02. The Labute approximate surface area is 81.5 Å². The van der Waals surface area contributed by atoms with E-state index in [0.717, 1.165) is 29.0 Å². The molecule has 1 aromatic carbocycles. The molecule has 0 atom stereocenters. The monoisotopic (exact) mass is 195 g/mol. The molecule has 0 saturated heterocycles. The molecule has 0 unspecified atom stereocenters. The minimum atomic E-state index is 0.479. The third-order valence-corrected chi connectivity index (χ3v) is 2.28. The maximum Gasteiger partial charge on any atom is 0.195 e. The van der Waals surface area contributed by atoms with Gasteiger partial charge in [-0.15, -0.1) is 11.6 Å². The van der Waals surface area contributed by atoms with Gasteiger partial charge in [0, 0.05) is 12.3 Å². The Morgan fingerprint density at radius 2 is 2.31 bits per heavy atom. The van der Waals surface area contributed by atoms with Crippen LogP contribution in [0.5, 0.6) is 0 Å². The standard InChI is InChI=1S/C10H10ClNO/c1-2-9-12-10-7(6-11)4-3-5-8(10)13-9/h3-5H,2,6H2,1H3. The third-order valence-electron chi connectivity index (χ3n) is 1.99. The number of para-hydroxylation sites is 1. The molecule has 0 fully saturated rings. The highest BCUT2D eigenvalue weighted by atomic mass is 35.5. The van der Waals surface area contributed by atoms with Crippen LogP contribution in [0, 0.1) is 0 Å². The quantitative estimate of drug-likeness (QED) is 0.689. The van der Waals surface area contributed by atoms with Crippen molar-refractivity contribution in [2.45, 2.75) is 19.2 Å². The lowest BCUT2D eigenvalue weighted by atomic mass is 10.2. The second-order valence-electron chi connectivity index (χ2n) is 2.86. The lowest BCUT2D eigenvalue weighted by molar-refractivity contribution is 0.538. The molecular weight excluding hydrogens is 186 g/mol. The van der Waals surface area contributed by atoms with E-state index >= 15 is 0 Å². The molecule has 0 aliphatic rings. The van der Waals surface area contributed by atoms with Gasteiger partial charge in [0.2, 0.25) is 0 Å². The largest absolute Gasteiger partial charge is 0.441 e. The van der Waals surface area contributed by atoms with E-state index in [4.69, 9.17) is 16.0 Å². The van der Waals surface area contributed by atoms with Gasteiger partial charge < -0.3 is 4.42 Å². The normalized spacial score (nSPS) is 10.9. The molecule has 0 aliphatic heterocycles. The highest BCUT2D eigenvalue weighted by Gasteiger charge is 2.06. The molecule has 2 nitrogen and oxygen atoms in total. The Bertz CT molecular complexity index is 422. The van der Waals surface area contributed by atoms with Crippen molar-refractivity contribution in [3.05, 3.63) is 29.7 Å². The first-order valence-corrected chi connectivity index (χ1v) is 4.82. The average molecular weight is 196 g/mol. The van der Waals surface area contributed by atoms with Gasteiger partial charge in [0.25, 0.3) is 0 Å². The highest BCUT2D eigenvalue weighted by Crippen LogP contribution is 2.20. The van der Waals surface area contributed by atoms with Crippen LogP contribution in [0.3, 0.4) is 0 Å². The molecule has 0 N–H and O–H groups in total. The molecule has 0 bridgehead atoms. The van der Waals surface area contributed by atoms with Crippen LogP contribution >= 0.6 is 11.6 Å². The van der Waals surface area contributed by atoms with E-state index in [0.29, 0.717) is 5.88 Å². The number of alkyl halides is 1. The van der Waals surface area contributed by atoms with Crippen molar-refractivity contribution in [3.63, 3.8) is 0 Å². The summed E-state index contributed by atoms with van der Waals surface area (Å²) in [7, 11) is 0. The fourth-order valence-corrected chi connectivity index (χ4v) is 1.53. The number of benzene rings is 1. The van der Waals surface area contributed by atoms with Crippen LogP contribution in [0.25, 0.3) is 11.1 Å². The Morgan fingerprint density at radius 3 is 3.00 bits per heavy atom. The Balaban J connectivity index is 2.67. The van der Waals surface area contributed by atoms with Crippen molar-refractivity contribution in [3.8, 4) is 0 Å². The minimum Gasteiger partial charge on any atom is -0.441 e. The summed E-state index contributed by atoms with van der Waals surface area (Å²) >= 11 is 5.78. The second kappa shape index (κ2) is 3.38. The molecule has 3 heteroatoms. The predicted molar refractivity (Wildman–Crippen MR) is 52.9 cm³/mol. The third kappa shape index (κ3) is 1.42. The van der Waals surface area contributed by atoms with Gasteiger partial charge in [-0.1, -0.05) is 19.1 Å². The summed E-state index contributed by atoms with van der Waals surface area (Å²) in [4.78, 5) is 4.35. The van der Waals surface area contributed by atoms with Crippen molar-refractivity contribution in [1.82, 2.24) is 4.98 Å². The SMILES string of the molecule is CCc1nc2c(CCl)cccc2o1. The van der Waals surface area contributed by atoms with Gasteiger partial charge in [-0.2, -0.15) is 0 Å². The minimum absolute atomic E-state index is 0.479. The lowest BCUT2D eigenvalue weighted by Gasteiger charge is -1.92. The van der Waals surface area contributed by atoms with Crippen LogP contribution in [0.4, 0.5) is 0 Å². The number of hydrogen-bond acceptors (Lipinski definition) is 2. The maximum absolute atomic E-state index is 5.78. The van der Waals surface area contributed by atoms with Crippen LogP contribution in [-0.2, 0) is 12.3 Å². The number of aryl methyl sites for hydroxylation is 1. The predicted octanol–water partition coefficient (Wildman–Crippen LogP) is 3.13. The molecule has 1 heterocycles. The summed E-state index contributed by atoms with van der Waals surface area (Å²) < 4.78 is 5.49. The first kappa shape index (κ1) is 8.57. The molecule has 0 amide bonds. The lowest BCUT2D eigenvalue weighted by Crippen LogP contribution is -1.81. The molecule has 0 saturated carbocycles. The van der Waals surface area contributed by atoms with Crippen molar-refractivity contribution in [2.75, 3.05) is 0 Å². The van der Waals surface area contributed by atoms with E-state index < -0.39 is 0 Å². The smallest absolute Gasteiger partial charge is 0.195 e.